The van der Waals surface area contributed by atoms with Crippen LogP contribution in [0.15, 0.2) is 88.9 Å². The van der Waals surface area contributed by atoms with E-state index in [9.17, 15) is 21.2 Å². The summed E-state index contributed by atoms with van der Waals surface area (Å²) in [7, 11) is -7.68. The Morgan fingerprint density at radius 2 is 1.58 bits per heavy atom. The first-order valence-corrected chi connectivity index (χ1v) is 13.3. The molecule has 1 aliphatic heterocycles. The highest BCUT2D eigenvalue weighted by Crippen LogP contribution is 2.39. The molecule has 3 aromatic rings. The van der Waals surface area contributed by atoms with Gasteiger partial charge in [-0.1, -0.05) is 54.6 Å². The number of para-hydroxylation sites is 1. The Hall–Kier alpha value is -3.24. The van der Waals surface area contributed by atoms with E-state index in [1.165, 1.54) is 37.3 Å². The molecule has 1 N–H and O–H groups in total. The first kappa shape index (κ1) is 22.9. The second kappa shape index (κ2) is 8.95. The topological polar surface area (TPSA) is 95.9 Å². The average molecular weight is 488 g/mol. The van der Waals surface area contributed by atoms with Crippen LogP contribution in [-0.4, -0.2) is 32.7 Å². The average Bonchev–Trinajstić information content (AvgIpc) is 3.26. The first-order valence-electron chi connectivity index (χ1n) is 10.2. The lowest BCUT2D eigenvalue weighted by molar-refractivity contribution is 0.362. The van der Waals surface area contributed by atoms with Crippen LogP contribution in [0.2, 0.25) is 0 Å². The Kier molecular flexibility index (Phi) is 6.22. The van der Waals surface area contributed by atoms with Gasteiger partial charge in [0.15, 0.2) is 0 Å². The summed E-state index contributed by atoms with van der Waals surface area (Å²) in [6.07, 6.45) is 0.0673. The third-order valence-electron chi connectivity index (χ3n) is 5.31. The molecule has 0 unspecified atom stereocenters. The highest BCUT2D eigenvalue weighted by Gasteiger charge is 2.39. The molecule has 0 saturated carbocycles. The largest absolute Gasteiger partial charge is 0.283 e. The predicted octanol–water partition coefficient (Wildman–Crippen LogP) is 4.13. The van der Waals surface area contributed by atoms with Crippen molar-refractivity contribution in [1.82, 2.24) is 4.41 Å². The second-order valence-electron chi connectivity index (χ2n) is 7.43. The zero-order chi connectivity index (χ0) is 23.6. The molecule has 0 amide bonds. The van der Waals surface area contributed by atoms with Gasteiger partial charge in [0, 0.05) is 17.5 Å². The van der Waals surface area contributed by atoms with Crippen molar-refractivity contribution in [3.05, 3.63) is 95.8 Å². The third kappa shape index (κ3) is 4.62. The maximum Gasteiger partial charge on any atom is 0.279 e. The molecule has 0 radical (unpaired) electrons. The SMILES string of the molecule is CCS(=O)(=O)Nc1ccccc1C1=NN(S(=O)(=O)c2ccccc2)[C@H](c2ccccc2F)C1. The van der Waals surface area contributed by atoms with E-state index in [1.807, 2.05) is 0 Å². The molecule has 0 spiro atoms. The van der Waals surface area contributed by atoms with E-state index in [0.717, 1.165) is 4.41 Å². The Morgan fingerprint density at radius 3 is 2.27 bits per heavy atom. The van der Waals surface area contributed by atoms with E-state index in [4.69, 9.17) is 0 Å². The molecule has 1 aliphatic rings. The van der Waals surface area contributed by atoms with Gasteiger partial charge in [0.1, 0.15) is 5.82 Å². The summed E-state index contributed by atoms with van der Waals surface area (Å²) in [5.41, 5.74) is 1.23. The van der Waals surface area contributed by atoms with Crippen LogP contribution >= 0.6 is 0 Å². The van der Waals surface area contributed by atoms with Crippen molar-refractivity contribution < 1.29 is 21.2 Å². The van der Waals surface area contributed by atoms with Crippen LogP contribution < -0.4 is 4.72 Å². The summed E-state index contributed by atoms with van der Waals surface area (Å²) in [4.78, 5) is 0.0244. The number of rotatable bonds is 7. The van der Waals surface area contributed by atoms with E-state index in [-0.39, 0.29) is 28.3 Å². The van der Waals surface area contributed by atoms with Crippen LogP contribution in [0, 0.1) is 5.82 Å². The van der Waals surface area contributed by atoms with Gasteiger partial charge in [-0.25, -0.2) is 12.8 Å². The number of benzene rings is 3. The standard InChI is InChI=1S/C23H22FN3O4S2/c1-2-32(28,29)26-21-15-9-7-13-19(21)22-16-23(18-12-6-8-14-20(18)24)27(25-22)33(30,31)17-10-4-3-5-11-17/h3-15,23,26H,2,16H2,1H3/t23-/m0/s1. The Balaban J connectivity index is 1.84. The quantitative estimate of drug-likeness (QED) is 0.542. The maximum absolute atomic E-state index is 14.7. The summed E-state index contributed by atoms with van der Waals surface area (Å²) in [5.74, 6) is -0.674. The van der Waals surface area contributed by atoms with Crippen LogP contribution in [0.4, 0.5) is 10.1 Å². The van der Waals surface area contributed by atoms with Gasteiger partial charge in [0.05, 0.1) is 28.1 Å². The van der Waals surface area contributed by atoms with Gasteiger partial charge in [-0.3, -0.25) is 4.72 Å². The van der Waals surface area contributed by atoms with Crippen molar-refractivity contribution >= 4 is 31.4 Å². The lowest BCUT2D eigenvalue weighted by Crippen LogP contribution is -2.27. The zero-order valence-corrected chi connectivity index (χ0v) is 19.4. The number of hydrogen-bond acceptors (Lipinski definition) is 5. The maximum atomic E-state index is 14.7. The second-order valence-corrected chi connectivity index (χ2v) is 11.2. The Morgan fingerprint density at radius 1 is 0.939 bits per heavy atom. The minimum absolute atomic E-state index is 0.0244. The molecular formula is C23H22FN3O4S2. The molecule has 3 aromatic carbocycles. The number of halogens is 1. The number of nitrogens with zero attached hydrogens (tertiary/aromatic N) is 2. The zero-order valence-electron chi connectivity index (χ0n) is 17.7. The molecule has 0 aromatic heterocycles. The van der Waals surface area contributed by atoms with Crippen LogP contribution in [0.3, 0.4) is 0 Å². The van der Waals surface area contributed by atoms with Gasteiger partial charge in [-0.05, 0) is 31.2 Å². The lowest BCUT2D eigenvalue weighted by atomic mass is 9.98. The molecule has 0 fully saturated rings. The number of hydrazone groups is 1. The van der Waals surface area contributed by atoms with Crippen molar-refractivity contribution in [1.29, 1.82) is 0 Å². The van der Waals surface area contributed by atoms with E-state index in [0.29, 0.717) is 11.3 Å². The summed E-state index contributed by atoms with van der Waals surface area (Å²) >= 11 is 0. The molecule has 172 valence electrons. The Bertz CT molecular complexity index is 1410. The van der Waals surface area contributed by atoms with Gasteiger partial charge in [0.2, 0.25) is 10.0 Å². The highest BCUT2D eigenvalue weighted by atomic mass is 32.2. The number of nitrogens with one attached hydrogen (secondary N) is 1. The van der Waals surface area contributed by atoms with Gasteiger partial charge in [0.25, 0.3) is 10.0 Å². The fourth-order valence-electron chi connectivity index (χ4n) is 3.61. The summed E-state index contributed by atoms with van der Waals surface area (Å²) in [6, 6.07) is 19.4. The van der Waals surface area contributed by atoms with Crippen molar-refractivity contribution in [3.63, 3.8) is 0 Å². The van der Waals surface area contributed by atoms with Crippen LogP contribution in [-0.2, 0) is 20.0 Å². The van der Waals surface area contributed by atoms with Gasteiger partial charge in [-0.15, -0.1) is 0 Å². The Labute approximate surface area is 192 Å². The van der Waals surface area contributed by atoms with E-state index in [1.54, 1.807) is 48.5 Å². The third-order valence-corrected chi connectivity index (χ3v) is 8.30. The summed E-state index contributed by atoms with van der Waals surface area (Å²) < 4.78 is 69.4. The molecule has 10 heteroatoms. The molecule has 7 nitrogen and oxygen atoms in total. The van der Waals surface area contributed by atoms with E-state index in [2.05, 4.69) is 9.82 Å². The molecule has 1 atom stereocenters. The van der Waals surface area contributed by atoms with Crippen molar-refractivity contribution in [2.24, 2.45) is 5.10 Å². The summed E-state index contributed by atoms with van der Waals surface area (Å²) in [6.45, 7) is 1.51. The van der Waals surface area contributed by atoms with E-state index < -0.39 is 31.9 Å². The molecule has 0 saturated heterocycles. The van der Waals surface area contributed by atoms with Crippen LogP contribution in [0.1, 0.15) is 30.5 Å². The van der Waals surface area contributed by atoms with Crippen LogP contribution in [0.5, 0.6) is 0 Å². The van der Waals surface area contributed by atoms with Crippen molar-refractivity contribution in [2.45, 2.75) is 24.3 Å². The smallest absolute Gasteiger partial charge is 0.279 e. The monoisotopic (exact) mass is 487 g/mol. The molecule has 0 aliphatic carbocycles. The normalized spacial score (nSPS) is 16.5. The fraction of sp³-hybridized carbons (Fsp3) is 0.174. The van der Waals surface area contributed by atoms with Crippen LogP contribution in [0.25, 0.3) is 0 Å². The summed E-state index contributed by atoms with van der Waals surface area (Å²) in [5, 5.41) is 4.38. The van der Waals surface area contributed by atoms with Crippen molar-refractivity contribution in [2.75, 3.05) is 10.5 Å². The first-order chi connectivity index (χ1) is 15.7. The fourth-order valence-corrected chi connectivity index (χ4v) is 5.72. The number of hydrogen-bond donors (Lipinski definition) is 1. The minimum atomic E-state index is -4.11. The van der Waals surface area contributed by atoms with E-state index >= 15 is 0 Å². The van der Waals surface area contributed by atoms with Crippen molar-refractivity contribution in [3.8, 4) is 0 Å². The molecule has 4 rings (SSSR count). The molecule has 33 heavy (non-hydrogen) atoms. The molecular weight excluding hydrogens is 465 g/mol. The van der Waals surface area contributed by atoms with Gasteiger partial charge < -0.3 is 0 Å². The molecule has 1 heterocycles. The minimum Gasteiger partial charge on any atom is -0.283 e. The predicted molar refractivity (Wildman–Crippen MR) is 125 cm³/mol. The highest BCUT2D eigenvalue weighted by molar-refractivity contribution is 7.92. The van der Waals surface area contributed by atoms with Gasteiger partial charge in [-0.2, -0.15) is 17.9 Å². The lowest BCUT2D eigenvalue weighted by Gasteiger charge is -2.23. The number of anilines is 1. The van der Waals surface area contributed by atoms with Gasteiger partial charge >= 0.3 is 0 Å². The number of sulfonamides is 2. The molecule has 0 bridgehead atoms.